The first-order valence-electron chi connectivity index (χ1n) is 15.1. The van der Waals surface area contributed by atoms with Crippen molar-refractivity contribution in [2.24, 2.45) is 0 Å². The van der Waals surface area contributed by atoms with Gasteiger partial charge in [0.2, 0.25) is 11.8 Å². The number of hydrogen-bond acceptors (Lipinski definition) is 7. The Balaban J connectivity index is 1.20. The Morgan fingerprint density at radius 2 is 1.63 bits per heavy atom. The minimum Gasteiger partial charge on any atom is -0.438 e. The first kappa shape index (κ1) is 30.5. The molecule has 3 aromatic carbocycles. The third-order valence-corrected chi connectivity index (χ3v) is 7.49. The van der Waals surface area contributed by atoms with Crippen LogP contribution in [0.1, 0.15) is 32.0 Å². The smallest absolute Gasteiger partial charge is 0.324 e. The van der Waals surface area contributed by atoms with Gasteiger partial charge >= 0.3 is 12.1 Å². The van der Waals surface area contributed by atoms with Gasteiger partial charge in [-0.25, -0.2) is 19.3 Å². The van der Waals surface area contributed by atoms with Gasteiger partial charge in [-0.2, -0.15) is 10.1 Å². The van der Waals surface area contributed by atoms with Crippen LogP contribution in [0.4, 0.5) is 27.0 Å². The zero-order chi connectivity index (χ0) is 32.3. The maximum absolute atomic E-state index is 13.4. The lowest BCUT2D eigenvalue weighted by molar-refractivity contribution is 0.0564. The molecule has 46 heavy (non-hydrogen) atoms. The number of rotatable bonds is 6. The van der Waals surface area contributed by atoms with Crippen LogP contribution in [0.5, 0.6) is 11.6 Å². The van der Waals surface area contributed by atoms with Crippen LogP contribution in [-0.2, 0) is 10.2 Å². The van der Waals surface area contributed by atoms with Crippen LogP contribution >= 0.6 is 0 Å². The van der Waals surface area contributed by atoms with E-state index < -0.39 is 6.03 Å². The third kappa shape index (κ3) is 6.92. The summed E-state index contributed by atoms with van der Waals surface area (Å²) in [5, 5.41) is 15.0. The minimum atomic E-state index is -0.413. The monoisotopic (exact) mass is 620 g/mol. The van der Waals surface area contributed by atoms with Crippen LogP contribution in [0.3, 0.4) is 0 Å². The lowest BCUT2D eigenvalue weighted by Crippen LogP contribution is -2.43. The quantitative estimate of drug-likeness (QED) is 0.192. The highest BCUT2D eigenvalue weighted by molar-refractivity contribution is 6.07. The van der Waals surface area contributed by atoms with E-state index in [1.54, 1.807) is 27.8 Å². The number of aromatic nitrogens is 4. The predicted octanol–water partition coefficient (Wildman–Crippen LogP) is 6.72. The first-order chi connectivity index (χ1) is 22.1. The van der Waals surface area contributed by atoms with Gasteiger partial charge in [-0.05, 0) is 31.2 Å². The summed E-state index contributed by atoms with van der Waals surface area (Å²) >= 11 is 0. The zero-order valence-electron chi connectivity index (χ0n) is 26.2. The van der Waals surface area contributed by atoms with E-state index in [1.807, 2.05) is 61.5 Å². The van der Waals surface area contributed by atoms with Crippen molar-refractivity contribution in [1.82, 2.24) is 24.6 Å². The van der Waals surface area contributed by atoms with Gasteiger partial charge < -0.3 is 19.7 Å². The molecule has 6 rings (SSSR count). The minimum absolute atomic E-state index is 0.132. The van der Waals surface area contributed by atoms with Crippen molar-refractivity contribution in [3.05, 3.63) is 90.3 Å². The standard InChI is InChI=1S/C34H36N8O4/c1-22-9-11-23(12-10-22)42-29(21-28(40-42)34(2,3)4)37-32(43)36-26-13-14-27(25-8-6-5-7-24(25)26)46-30-15-16-35-31(38-30)39-33(44)41-17-19-45-20-18-41/h5-16,21H,17-20H2,1-4H3,(H2,36,37,43)(H,35,38,39,44). The highest BCUT2D eigenvalue weighted by atomic mass is 16.5. The Kier molecular flexibility index (Phi) is 8.53. The molecule has 1 saturated heterocycles. The van der Waals surface area contributed by atoms with Crippen LogP contribution in [0.2, 0.25) is 0 Å². The Labute approximate surface area is 266 Å². The van der Waals surface area contributed by atoms with Crippen LogP contribution in [0, 0.1) is 6.92 Å². The molecule has 3 N–H and O–H groups in total. The van der Waals surface area contributed by atoms with E-state index in [2.05, 4.69) is 46.7 Å². The lowest BCUT2D eigenvalue weighted by Gasteiger charge is -2.26. The van der Waals surface area contributed by atoms with Crippen molar-refractivity contribution in [2.75, 3.05) is 42.3 Å². The van der Waals surface area contributed by atoms with Gasteiger partial charge in [0.05, 0.1) is 30.3 Å². The number of carbonyl (C=O) groups excluding carboxylic acids is 2. The number of nitrogens with zero attached hydrogens (tertiary/aromatic N) is 5. The number of hydrogen-bond donors (Lipinski definition) is 3. The maximum Gasteiger partial charge on any atom is 0.324 e. The molecule has 1 aliphatic heterocycles. The van der Waals surface area contributed by atoms with Crippen molar-refractivity contribution in [3.63, 3.8) is 0 Å². The van der Waals surface area contributed by atoms with Gasteiger partial charge in [0, 0.05) is 47.6 Å². The average molecular weight is 621 g/mol. The van der Waals surface area contributed by atoms with E-state index in [0.717, 1.165) is 27.7 Å². The molecule has 0 aliphatic carbocycles. The van der Waals surface area contributed by atoms with Crippen LogP contribution in [0.15, 0.2) is 79.0 Å². The summed E-state index contributed by atoms with van der Waals surface area (Å²) in [5.41, 5.74) is 3.21. The number of urea groups is 2. The largest absolute Gasteiger partial charge is 0.438 e. The fraction of sp³-hybridized carbons (Fsp3) is 0.265. The van der Waals surface area contributed by atoms with E-state index in [9.17, 15) is 9.59 Å². The summed E-state index contributed by atoms with van der Waals surface area (Å²) in [5.74, 6) is 1.47. The molecule has 0 atom stereocenters. The molecule has 3 heterocycles. The highest BCUT2D eigenvalue weighted by Crippen LogP contribution is 2.34. The summed E-state index contributed by atoms with van der Waals surface area (Å²) in [7, 11) is 0. The summed E-state index contributed by atoms with van der Waals surface area (Å²) < 4.78 is 13.2. The number of carbonyl (C=O) groups is 2. The van der Waals surface area contributed by atoms with E-state index in [4.69, 9.17) is 14.6 Å². The summed E-state index contributed by atoms with van der Waals surface area (Å²) in [4.78, 5) is 36.2. The number of morpholine rings is 1. The number of aryl methyl sites for hydroxylation is 1. The first-order valence-corrected chi connectivity index (χ1v) is 15.1. The fourth-order valence-corrected chi connectivity index (χ4v) is 4.97. The molecule has 2 aromatic heterocycles. The average Bonchev–Trinajstić information content (AvgIpc) is 3.47. The van der Waals surface area contributed by atoms with E-state index >= 15 is 0 Å². The fourth-order valence-electron chi connectivity index (χ4n) is 4.97. The number of fused-ring (bicyclic) bond motifs is 1. The van der Waals surface area contributed by atoms with Crippen molar-refractivity contribution >= 4 is 40.3 Å². The molecule has 12 nitrogen and oxygen atoms in total. The van der Waals surface area contributed by atoms with Crippen LogP contribution < -0.4 is 20.7 Å². The normalized spacial score (nSPS) is 13.3. The van der Waals surface area contributed by atoms with Crippen LogP contribution in [0.25, 0.3) is 16.5 Å². The number of benzene rings is 3. The third-order valence-electron chi connectivity index (χ3n) is 7.49. The molecule has 5 aromatic rings. The van der Waals surface area contributed by atoms with Gasteiger partial charge in [-0.15, -0.1) is 0 Å². The molecule has 0 saturated carbocycles. The second-order valence-corrected chi connectivity index (χ2v) is 12.0. The summed E-state index contributed by atoms with van der Waals surface area (Å²) in [6.45, 7) is 10.3. The number of ether oxygens (including phenoxy) is 2. The number of amides is 4. The van der Waals surface area contributed by atoms with Gasteiger partial charge in [0.25, 0.3) is 0 Å². The summed E-state index contributed by atoms with van der Waals surface area (Å²) in [6.07, 6.45) is 1.52. The molecule has 4 amide bonds. The molecule has 1 fully saturated rings. The molecule has 0 radical (unpaired) electrons. The molecule has 236 valence electrons. The predicted molar refractivity (Wildman–Crippen MR) is 177 cm³/mol. The topological polar surface area (TPSA) is 136 Å². The van der Waals surface area contributed by atoms with Crippen molar-refractivity contribution in [1.29, 1.82) is 0 Å². The molecule has 0 spiro atoms. The Morgan fingerprint density at radius 1 is 0.891 bits per heavy atom. The lowest BCUT2D eigenvalue weighted by atomic mass is 9.92. The number of anilines is 3. The maximum atomic E-state index is 13.4. The van der Waals surface area contributed by atoms with Crippen molar-refractivity contribution in [3.8, 4) is 17.3 Å². The van der Waals surface area contributed by atoms with E-state index in [1.165, 1.54) is 6.20 Å². The molecular weight excluding hydrogens is 584 g/mol. The van der Waals surface area contributed by atoms with Gasteiger partial charge in [-0.1, -0.05) is 62.7 Å². The van der Waals surface area contributed by atoms with Gasteiger partial charge in [-0.3, -0.25) is 10.6 Å². The van der Waals surface area contributed by atoms with Crippen molar-refractivity contribution < 1.29 is 19.1 Å². The Hall–Kier alpha value is -5.49. The second kappa shape index (κ2) is 12.9. The molecule has 0 unspecified atom stereocenters. The Bertz CT molecular complexity index is 1870. The highest BCUT2D eigenvalue weighted by Gasteiger charge is 2.22. The van der Waals surface area contributed by atoms with E-state index in [0.29, 0.717) is 43.6 Å². The second-order valence-electron chi connectivity index (χ2n) is 12.0. The summed E-state index contributed by atoms with van der Waals surface area (Å²) in [6, 6.07) is 21.9. The molecule has 12 heteroatoms. The van der Waals surface area contributed by atoms with Gasteiger partial charge in [0.1, 0.15) is 11.6 Å². The van der Waals surface area contributed by atoms with Gasteiger partial charge in [0.15, 0.2) is 0 Å². The molecule has 1 aliphatic rings. The number of nitrogens with one attached hydrogen (secondary N) is 3. The van der Waals surface area contributed by atoms with E-state index in [-0.39, 0.29) is 23.3 Å². The van der Waals surface area contributed by atoms with Crippen molar-refractivity contribution in [2.45, 2.75) is 33.1 Å². The zero-order valence-corrected chi connectivity index (χ0v) is 26.2. The Morgan fingerprint density at radius 3 is 2.37 bits per heavy atom. The molecule has 0 bridgehead atoms. The SMILES string of the molecule is Cc1ccc(-n2nc(C(C)(C)C)cc2NC(=O)Nc2ccc(Oc3ccnc(NC(=O)N4CCOCC4)n3)c3ccccc23)cc1. The van der Waals surface area contributed by atoms with Crippen LogP contribution in [-0.4, -0.2) is 63.0 Å². The molecular formula is C34H36N8O4.